The van der Waals surface area contributed by atoms with Gasteiger partial charge in [0.05, 0.1) is 17.1 Å². The van der Waals surface area contributed by atoms with Crippen LogP contribution in [-0.4, -0.2) is 23.4 Å². The summed E-state index contributed by atoms with van der Waals surface area (Å²) in [5, 5.41) is 2.33. The van der Waals surface area contributed by atoms with Crippen LogP contribution in [0.1, 0.15) is 0 Å². The zero-order valence-corrected chi connectivity index (χ0v) is 21.1. The number of thioether (sulfide) groups is 1. The van der Waals surface area contributed by atoms with E-state index in [-0.39, 0.29) is 11.5 Å². The van der Waals surface area contributed by atoms with E-state index in [4.69, 9.17) is 4.99 Å². The SMILES string of the molecule is CN1/C(=c2\s/c(=C3/C(=O)N(c4ccccc4)NC3=Nc3ccccc3)n(C)c2=O)Sc2ccccc21. The van der Waals surface area contributed by atoms with E-state index in [0.29, 0.717) is 32.0 Å². The van der Waals surface area contributed by atoms with E-state index in [9.17, 15) is 9.59 Å². The molecule has 3 heterocycles. The Bertz CT molecular complexity index is 1710. The molecule has 3 aromatic carbocycles. The van der Waals surface area contributed by atoms with Crippen LogP contribution in [0.2, 0.25) is 0 Å². The van der Waals surface area contributed by atoms with E-state index in [1.165, 1.54) is 16.3 Å². The summed E-state index contributed by atoms with van der Waals surface area (Å²) >= 11 is 2.88. The summed E-state index contributed by atoms with van der Waals surface area (Å²) in [4.78, 5) is 35.1. The normalized spacial score (nSPS) is 19.2. The van der Waals surface area contributed by atoms with E-state index in [1.54, 1.807) is 23.4 Å². The Labute approximate surface area is 215 Å². The lowest BCUT2D eigenvalue weighted by Gasteiger charge is -2.14. The molecule has 2 aliphatic rings. The number of aliphatic imine (C=N–C) groups is 1. The second-order valence-corrected chi connectivity index (χ2v) is 10.3. The maximum absolute atomic E-state index is 13.8. The van der Waals surface area contributed by atoms with Crippen LogP contribution < -0.4 is 30.1 Å². The monoisotopic (exact) mass is 511 g/mol. The highest BCUT2D eigenvalue weighted by atomic mass is 32.2. The second kappa shape index (κ2) is 8.85. The minimum absolute atomic E-state index is 0.144. The van der Waals surface area contributed by atoms with Gasteiger partial charge in [-0.3, -0.25) is 15.0 Å². The smallest absolute Gasteiger partial charge is 0.283 e. The number of benzene rings is 3. The van der Waals surface area contributed by atoms with Crippen LogP contribution in [0.15, 0.2) is 99.6 Å². The molecular formula is C27H21N5O2S2. The summed E-state index contributed by atoms with van der Waals surface area (Å²) in [5.74, 6) is 0.138. The van der Waals surface area contributed by atoms with Crippen molar-refractivity contribution in [1.29, 1.82) is 0 Å². The first-order chi connectivity index (χ1) is 17.5. The number of amidine groups is 1. The number of carbonyl (C=O) groups is 1. The molecule has 0 radical (unpaired) electrons. The van der Waals surface area contributed by atoms with Gasteiger partial charge in [0.25, 0.3) is 11.5 Å². The molecular weight excluding hydrogens is 490 g/mol. The van der Waals surface area contributed by atoms with Crippen LogP contribution in [0.5, 0.6) is 0 Å². The Morgan fingerprint density at radius 1 is 0.833 bits per heavy atom. The number of anilines is 2. The fourth-order valence-corrected chi connectivity index (χ4v) is 6.68. The number of fused-ring (bicyclic) bond motifs is 1. The number of hydrazine groups is 1. The Morgan fingerprint density at radius 3 is 2.22 bits per heavy atom. The first-order valence-electron chi connectivity index (χ1n) is 11.3. The van der Waals surface area contributed by atoms with Crippen molar-refractivity contribution in [2.24, 2.45) is 12.0 Å². The summed E-state index contributed by atoms with van der Waals surface area (Å²) in [6, 6.07) is 26.9. The number of rotatable bonds is 2. The molecule has 6 rings (SSSR count). The highest BCUT2D eigenvalue weighted by Gasteiger charge is 2.35. The third kappa shape index (κ3) is 3.64. The van der Waals surface area contributed by atoms with Gasteiger partial charge in [-0.25, -0.2) is 10.0 Å². The maximum Gasteiger partial charge on any atom is 0.283 e. The zero-order chi connectivity index (χ0) is 24.8. The van der Waals surface area contributed by atoms with Crippen LogP contribution in [0.25, 0.3) is 10.6 Å². The maximum atomic E-state index is 13.8. The number of para-hydroxylation sites is 3. The highest BCUT2D eigenvalue weighted by Crippen LogP contribution is 2.44. The number of aromatic nitrogens is 1. The van der Waals surface area contributed by atoms with Crippen LogP contribution >= 0.6 is 23.1 Å². The molecule has 1 amide bonds. The standard InChI is InChI=1S/C27H21N5O2S2/c1-30-19-15-9-10-16-20(19)35-27(30)22-25(34)31(2)26(36-22)21-23(28-17-11-5-3-6-12-17)29-32(24(21)33)18-13-7-4-8-14-18/h3-16H,1-2H3,(H,28,29)/b26-21+,27-22+. The predicted octanol–water partition coefficient (Wildman–Crippen LogP) is 3.19. The second-order valence-electron chi connectivity index (χ2n) is 8.29. The lowest BCUT2D eigenvalue weighted by Crippen LogP contribution is -2.35. The summed E-state index contributed by atoms with van der Waals surface area (Å²) in [7, 11) is 3.67. The Kier molecular flexibility index (Phi) is 5.50. The number of amides is 1. The number of hydrogen-bond donors (Lipinski definition) is 1. The molecule has 1 N–H and O–H groups in total. The van der Waals surface area contributed by atoms with E-state index in [2.05, 4.69) is 5.43 Å². The molecule has 1 fully saturated rings. The molecule has 0 spiro atoms. The van der Waals surface area contributed by atoms with Crippen molar-refractivity contribution in [3.8, 4) is 0 Å². The minimum Gasteiger partial charge on any atom is -0.337 e. The molecule has 2 aliphatic heterocycles. The van der Waals surface area contributed by atoms with Gasteiger partial charge in [0, 0.05) is 19.0 Å². The topological polar surface area (TPSA) is 69.9 Å². The molecule has 4 aromatic rings. The van der Waals surface area contributed by atoms with Crippen molar-refractivity contribution in [2.45, 2.75) is 4.90 Å². The molecule has 1 saturated heterocycles. The van der Waals surface area contributed by atoms with Gasteiger partial charge < -0.3 is 9.47 Å². The molecule has 9 heteroatoms. The Balaban J connectivity index is 1.59. The highest BCUT2D eigenvalue weighted by molar-refractivity contribution is 8.08. The average molecular weight is 512 g/mol. The van der Waals surface area contributed by atoms with E-state index in [0.717, 1.165) is 15.6 Å². The third-order valence-corrected chi connectivity index (χ3v) is 8.64. The van der Waals surface area contributed by atoms with Crippen molar-refractivity contribution < 1.29 is 4.79 Å². The lowest BCUT2D eigenvalue weighted by molar-refractivity contribution is -0.113. The largest absolute Gasteiger partial charge is 0.337 e. The molecule has 7 nitrogen and oxygen atoms in total. The molecule has 178 valence electrons. The fraction of sp³-hybridized carbons (Fsp3) is 0.0741. The van der Waals surface area contributed by atoms with Crippen LogP contribution in [0.3, 0.4) is 0 Å². The van der Waals surface area contributed by atoms with Crippen molar-refractivity contribution >= 4 is 62.5 Å². The molecule has 0 unspecified atom stereocenters. The van der Waals surface area contributed by atoms with E-state index < -0.39 is 0 Å². The minimum atomic E-state index is -0.264. The Morgan fingerprint density at radius 2 is 1.50 bits per heavy atom. The number of nitrogens with zero attached hydrogens (tertiary/aromatic N) is 4. The quantitative estimate of drug-likeness (QED) is 0.448. The summed E-state index contributed by atoms with van der Waals surface area (Å²) < 4.78 is 2.70. The number of nitrogens with one attached hydrogen (secondary N) is 1. The Hall–Kier alpha value is -4.08. The van der Waals surface area contributed by atoms with Gasteiger partial charge in [-0.1, -0.05) is 60.3 Å². The van der Waals surface area contributed by atoms with Gasteiger partial charge in [0.1, 0.15) is 19.8 Å². The van der Waals surface area contributed by atoms with Gasteiger partial charge in [-0.05, 0) is 36.4 Å². The van der Waals surface area contributed by atoms with E-state index in [1.807, 2.05) is 96.9 Å². The number of carbonyl (C=O) groups excluding carboxylic acids is 1. The molecule has 0 saturated carbocycles. The molecule has 36 heavy (non-hydrogen) atoms. The summed E-state index contributed by atoms with van der Waals surface area (Å²) in [5.41, 5.74) is 5.84. The van der Waals surface area contributed by atoms with Crippen molar-refractivity contribution in [2.75, 3.05) is 17.0 Å². The van der Waals surface area contributed by atoms with Gasteiger partial charge >= 0.3 is 0 Å². The van der Waals surface area contributed by atoms with Gasteiger partial charge in [-0.15, -0.1) is 11.3 Å². The van der Waals surface area contributed by atoms with Crippen LogP contribution in [-0.2, 0) is 11.8 Å². The lowest BCUT2D eigenvalue weighted by atomic mass is 10.2. The zero-order valence-electron chi connectivity index (χ0n) is 19.5. The van der Waals surface area contributed by atoms with Gasteiger partial charge in [0.2, 0.25) is 0 Å². The molecule has 0 atom stereocenters. The van der Waals surface area contributed by atoms with Gasteiger partial charge in [-0.2, -0.15) is 0 Å². The van der Waals surface area contributed by atoms with Crippen LogP contribution in [0, 0.1) is 0 Å². The molecule has 0 bridgehead atoms. The average Bonchev–Trinajstić information content (AvgIpc) is 3.51. The van der Waals surface area contributed by atoms with Crippen LogP contribution in [0.4, 0.5) is 17.1 Å². The third-order valence-electron chi connectivity index (χ3n) is 6.03. The predicted molar refractivity (Wildman–Crippen MR) is 147 cm³/mol. The summed E-state index contributed by atoms with van der Waals surface area (Å²) in [6.45, 7) is 0. The van der Waals surface area contributed by atoms with Gasteiger partial charge in [0.15, 0.2) is 5.84 Å². The fourth-order valence-electron chi connectivity index (χ4n) is 4.20. The first kappa shape index (κ1) is 22.4. The number of thiazole rings is 1. The van der Waals surface area contributed by atoms with Crippen molar-refractivity contribution in [3.05, 3.63) is 104 Å². The first-order valence-corrected chi connectivity index (χ1v) is 12.9. The summed E-state index contributed by atoms with van der Waals surface area (Å²) in [6.07, 6.45) is 0. The molecule has 1 aromatic heterocycles. The molecule has 0 aliphatic carbocycles. The van der Waals surface area contributed by atoms with Crippen molar-refractivity contribution in [3.63, 3.8) is 0 Å². The van der Waals surface area contributed by atoms with Crippen molar-refractivity contribution in [1.82, 2.24) is 9.99 Å². The van der Waals surface area contributed by atoms with E-state index >= 15 is 0 Å². The number of hydrogen-bond acceptors (Lipinski definition) is 6.